The second-order valence-electron chi connectivity index (χ2n) is 7.15. The summed E-state index contributed by atoms with van der Waals surface area (Å²) in [4.78, 5) is 17.5. The number of fused-ring (bicyclic) bond motifs is 1. The van der Waals surface area contributed by atoms with Gasteiger partial charge in [0.15, 0.2) is 0 Å². The summed E-state index contributed by atoms with van der Waals surface area (Å²) < 4.78 is 6.22. The van der Waals surface area contributed by atoms with Crippen molar-refractivity contribution >= 4 is 28.5 Å². The molecule has 0 radical (unpaired) electrons. The quantitative estimate of drug-likeness (QED) is 0.568. The topological polar surface area (TPSA) is 72.8 Å². The lowest BCUT2D eigenvalue weighted by Crippen LogP contribution is -2.32. The van der Waals surface area contributed by atoms with Gasteiger partial charge in [-0.3, -0.25) is 4.98 Å². The molecule has 3 heterocycles. The minimum atomic E-state index is 0.122. The van der Waals surface area contributed by atoms with Crippen LogP contribution in [0.4, 0.5) is 5.95 Å². The predicted octanol–water partition coefficient (Wildman–Crippen LogP) is 5.52. The fraction of sp³-hybridized carbons (Fsp3) is 0.455. The minimum Gasteiger partial charge on any atom is -0.474 e. The standard InChI is InChI=1S/C20H22ClN5O.C2H6/c1-12-7-16-17(22-9-12)8-18(21)26-19(16)27-15-5-3-14(4-6-15)25-20-23-10-13(2)11-24-20;1-2/h7-11,14-15H,3-6H2,1-2H3,(H,23,24,25);1-2H3. The van der Waals surface area contributed by atoms with E-state index in [9.17, 15) is 0 Å². The highest BCUT2D eigenvalue weighted by Gasteiger charge is 2.24. The van der Waals surface area contributed by atoms with Crippen LogP contribution in [-0.4, -0.2) is 32.1 Å². The fourth-order valence-electron chi connectivity index (χ4n) is 3.39. The van der Waals surface area contributed by atoms with Gasteiger partial charge in [0, 0.05) is 30.7 Å². The van der Waals surface area contributed by atoms with Gasteiger partial charge < -0.3 is 10.1 Å². The first-order valence-electron chi connectivity index (χ1n) is 10.2. The highest BCUT2D eigenvalue weighted by Crippen LogP contribution is 2.30. The molecule has 0 bridgehead atoms. The number of nitrogens with zero attached hydrogens (tertiary/aromatic N) is 4. The molecule has 154 valence electrons. The van der Waals surface area contributed by atoms with E-state index in [1.54, 1.807) is 6.07 Å². The van der Waals surface area contributed by atoms with Crippen LogP contribution in [0.5, 0.6) is 5.88 Å². The van der Waals surface area contributed by atoms with Gasteiger partial charge in [-0.25, -0.2) is 15.0 Å². The molecule has 0 unspecified atom stereocenters. The smallest absolute Gasteiger partial charge is 0.224 e. The van der Waals surface area contributed by atoms with Gasteiger partial charge >= 0.3 is 0 Å². The number of nitrogens with one attached hydrogen (secondary N) is 1. The Hall–Kier alpha value is -2.47. The number of pyridine rings is 2. The van der Waals surface area contributed by atoms with Crippen LogP contribution in [0.1, 0.15) is 50.7 Å². The van der Waals surface area contributed by atoms with Crippen molar-refractivity contribution in [2.45, 2.75) is 65.5 Å². The van der Waals surface area contributed by atoms with Crippen molar-refractivity contribution in [3.63, 3.8) is 0 Å². The molecule has 1 N–H and O–H groups in total. The number of aromatic nitrogens is 4. The summed E-state index contributed by atoms with van der Waals surface area (Å²) in [6.45, 7) is 7.99. The Labute approximate surface area is 177 Å². The number of anilines is 1. The molecule has 0 atom stereocenters. The Morgan fingerprint density at radius 1 is 0.931 bits per heavy atom. The van der Waals surface area contributed by atoms with Gasteiger partial charge in [0.05, 0.1) is 10.9 Å². The van der Waals surface area contributed by atoms with Crippen molar-refractivity contribution in [2.75, 3.05) is 5.32 Å². The molecule has 0 spiro atoms. The molecule has 1 fully saturated rings. The fourth-order valence-corrected chi connectivity index (χ4v) is 3.57. The third-order valence-electron chi connectivity index (χ3n) is 4.82. The van der Waals surface area contributed by atoms with Gasteiger partial charge in [-0.1, -0.05) is 25.4 Å². The summed E-state index contributed by atoms with van der Waals surface area (Å²) >= 11 is 6.15. The van der Waals surface area contributed by atoms with Crippen LogP contribution < -0.4 is 10.1 Å². The van der Waals surface area contributed by atoms with Crippen LogP contribution in [-0.2, 0) is 0 Å². The molecule has 6 nitrogen and oxygen atoms in total. The lowest BCUT2D eigenvalue weighted by atomic mass is 9.93. The molecule has 4 rings (SSSR count). The van der Waals surface area contributed by atoms with Gasteiger partial charge in [0.1, 0.15) is 11.3 Å². The molecule has 3 aromatic rings. The first-order chi connectivity index (χ1) is 14.1. The van der Waals surface area contributed by atoms with Crippen LogP contribution in [0.2, 0.25) is 5.15 Å². The summed E-state index contributed by atoms with van der Waals surface area (Å²) in [6, 6.07) is 4.18. The first-order valence-corrected chi connectivity index (χ1v) is 10.6. The third-order valence-corrected chi connectivity index (χ3v) is 5.01. The average Bonchev–Trinajstić information content (AvgIpc) is 2.73. The number of ether oxygens (including phenoxy) is 1. The van der Waals surface area contributed by atoms with Crippen LogP contribution in [0, 0.1) is 13.8 Å². The van der Waals surface area contributed by atoms with E-state index in [0.29, 0.717) is 23.0 Å². The largest absolute Gasteiger partial charge is 0.474 e. The summed E-state index contributed by atoms with van der Waals surface area (Å²) in [5, 5.41) is 4.73. The molecule has 0 saturated heterocycles. The van der Waals surface area contributed by atoms with E-state index in [1.807, 2.05) is 52.4 Å². The predicted molar refractivity (Wildman–Crippen MR) is 118 cm³/mol. The van der Waals surface area contributed by atoms with E-state index >= 15 is 0 Å². The first kappa shape index (κ1) is 21.2. The molecule has 0 aliphatic heterocycles. The Morgan fingerprint density at radius 2 is 1.59 bits per heavy atom. The summed E-state index contributed by atoms with van der Waals surface area (Å²) in [6.07, 6.45) is 9.49. The molecule has 7 heteroatoms. The number of halogens is 1. The molecule has 0 amide bonds. The second-order valence-corrected chi connectivity index (χ2v) is 7.54. The SMILES string of the molecule is CC.Cc1cnc(NC2CCC(Oc3nc(Cl)cc4ncc(C)cc34)CC2)nc1. The summed E-state index contributed by atoms with van der Waals surface area (Å²) in [5.74, 6) is 1.26. The molecule has 1 saturated carbocycles. The van der Waals surface area contributed by atoms with E-state index in [-0.39, 0.29) is 6.10 Å². The monoisotopic (exact) mass is 413 g/mol. The molecular formula is C22H28ClN5O. The molecule has 0 aromatic carbocycles. The average molecular weight is 414 g/mol. The maximum atomic E-state index is 6.22. The lowest BCUT2D eigenvalue weighted by Gasteiger charge is -2.29. The lowest BCUT2D eigenvalue weighted by molar-refractivity contribution is 0.146. The van der Waals surface area contributed by atoms with E-state index in [1.165, 1.54) is 0 Å². The minimum absolute atomic E-state index is 0.122. The van der Waals surface area contributed by atoms with Crippen molar-refractivity contribution in [1.82, 2.24) is 19.9 Å². The second kappa shape index (κ2) is 9.83. The van der Waals surface area contributed by atoms with Crippen molar-refractivity contribution in [2.24, 2.45) is 0 Å². The van der Waals surface area contributed by atoms with E-state index in [0.717, 1.165) is 47.7 Å². The van der Waals surface area contributed by atoms with Crippen LogP contribution in [0.3, 0.4) is 0 Å². The van der Waals surface area contributed by atoms with Crippen molar-refractivity contribution in [3.8, 4) is 5.88 Å². The zero-order chi connectivity index (χ0) is 20.8. The van der Waals surface area contributed by atoms with Crippen molar-refractivity contribution in [1.29, 1.82) is 0 Å². The Balaban J connectivity index is 0.00000117. The van der Waals surface area contributed by atoms with Gasteiger partial charge in [-0.15, -0.1) is 0 Å². The van der Waals surface area contributed by atoms with Crippen molar-refractivity contribution in [3.05, 3.63) is 47.0 Å². The molecular weight excluding hydrogens is 386 g/mol. The van der Waals surface area contributed by atoms with Gasteiger partial charge in [0.25, 0.3) is 0 Å². The third kappa shape index (κ3) is 5.54. The van der Waals surface area contributed by atoms with Crippen molar-refractivity contribution < 1.29 is 4.74 Å². The summed E-state index contributed by atoms with van der Waals surface area (Å²) in [7, 11) is 0. The van der Waals surface area contributed by atoms with E-state index in [4.69, 9.17) is 16.3 Å². The molecule has 1 aliphatic carbocycles. The number of hydrogen-bond acceptors (Lipinski definition) is 6. The zero-order valence-electron chi connectivity index (χ0n) is 17.4. The van der Waals surface area contributed by atoms with Crippen LogP contribution >= 0.6 is 11.6 Å². The van der Waals surface area contributed by atoms with Crippen LogP contribution in [0.25, 0.3) is 10.9 Å². The normalized spacial score (nSPS) is 18.7. The van der Waals surface area contributed by atoms with Gasteiger partial charge in [-0.05, 0) is 56.7 Å². The van der Waals surface area contributed by atoms with Gasteiger partial charge in [0.2, 0.25) is 11.8 Å². The molecule has 1 aliphatic rings. The number of hydrogen-bond donors (Lipinski definition) is 1. The maximum absolute atomic E-state index is 6.22. The van der Waals surface area contributed by atoms with Gasteiger partial charge in [-0.2, -0.15) is 0 Å². The Morgan fingerprint density at radius 3 is 2.28 bits per heavy atom. The zero-order valence-corrected chi connectivity index (χ0v) is 18.2. The van der Waals surface area contributed by atoms with E-state index in [2.05, 4.69) is 25.3 Å². The summed E-state index contributed by atoms with van der Waals surface area (Å²) in [5.41, 5.74) is 2.94. The molecule has 3 aromatic heterocycles. The maximum Gasteiger partial charge on any atom is 0.224 e. The van der Waals surface area contributed by atoms with E-state index < -0.39 is 0 Å². The number of rotatable bonds is 4. The van der Waals surface area contributed by atoms with Crippen LogP contribution in [0.15, 0.2) is 30.7 Å². The number of aryl methyl sites for hydroxylation is 2. The highest BCUT2D eigenvalue weighted by molar-refractivity contribution is 6.30. The Kier molecular flexibility index (Phi) is 7.20. The highest BCUT2D eigenvalue weighted by atomic mass is 35.5. The Bertz CT molecular complexity index is 940. The molecule has 29 heavy (non-hydrogen) atoms.